The summed E-state index contributed by atoms with van der Waals surface area (Å²) in [5.41, 5.74) is 5.56. The van der Waals surface area contributed by atoms with Gasteiger partial charge in [0.05, 0.1) is 11.3 Å². The lowest BCUT2D eigenvalue weighted by atomic mass is 9.80. The number of carbonyl (C=O) groups is 1. The van der Waals surface area contributed by atoms with Crippen LogP contribution >= 0.6 is 0 Å². The minimum Gasteiger partial charge on any atom is -0.343 e. The van der Waals surface area contributed by atoms with Crippen molar-refractivity contribution >= 4 is 11.5 Å². The van der Waals surface area contributed by atoms with Crippen LogP contribution in [0.4, 0.5) is 0 Å². The summed E-state index contributed by atoms with van der Waals surface area (Å²) < 4.78 is 1.79. The summed E-state index contributed by atoms with van der Waals surface area (Å²) in [5.74, 6) is 0.942. The number of aryl methyl sites for hydroxylation is 2. The molecule has 1 aliphatic heterocycles. The minimum atomic E-state index is 0.0764. The molecule has 2 heterocycles. The smallest absolute Gasteiger partial charge is 0.261 e. The first-order valence-corrected chi connectivity index (χ1v) is 11.3. The standard InChI is InChI=1S/C24H33N3O2/c1-17(2)16-27-21(12-13-22(28)26-14-6-3-7-15-26)25-20-11-10-18-8-4-5-9-19(18)23(20)24(27)29/h1,3-16H2,2H3. The van der Waals surface area contributed by atoms with Crippen molar-refractivity contribution in [1.29, 1.82) is 0 Å². The van der Waals surface area contributed by atoms with Crippen LogP contribution in [0.1, 0.15) is 81.8 Å². The quantitative estimate of drug-likeness (QED) is 0.707. The third-order valence-corrected chi connectivity index (χ3v) is 6.57. The number of rotatable bonds is 5. The fourth-order valence-electron chi connectivity index (χ4n) is 5.09. The van der Waals surface area contributed by atoms with Crippen LogP contribution in [0.5, 0.6) is 0 Å². The average Bonchev–Trinajstić information content (AvgIpc) is 2.74. The van der Waals surface area contributed by atoms with Gasteiger partial charge in [0.15, 0.2) is 0 Å². The lowest BCUT2D eigenvalue weighted by Gasteiger charge is -2.28. The van der Waals surface area contributed by atoms with Gasteiger partial charge in [0.2, 0.25) is 5.91 Å². The Hall–Kier alpha value is -2.17. The lowest BCUT2D eigenvalue weighted by molar-refractivity contribution is -0.132. The Morgan fingerprint density at radius 3 is 2.55 bits per heavy atom. The molecule has 0 aromatic carbocycles. The Kier molecular flexibility index (Phi) is 6.02. The molecule has 29 heavy (non-hydrogen) atoms. The third kappa shape index (κ3) is 4.24. The van der Waals surface area contributed by atoms with E-state index in [1.54, 1.807) is 4.57 Å². The second kappa shape index (κ2) is 8.68. The van der Waals surface area contributed by atoms with Gasteiger partial charge in [-0.3, -0.25) is 14.2 Å². The van der Waals surface area contributed by atoms with Crippen molar-refractivity contribution in [1.82, 2.24) is 14.5 Å². The van der Waals surface area contributed by atoms with Gasteiger partial charge in [-0.2, -0.15) is 0 Å². The van der Waals surface area contributed by atoms with Gasteiger partial charge < -0.3 is 4.90 Å². The molecule has 0 saturated carbocycles. The molecule has 0 atom stereocenters. The monoisotopic (exact) mass is 395 g/mol. The molecular weight excluding hydrogens is 362 g/mol. The summed E-state index contributed by atoms with van der Waals surface area (Å²) in [4.78, 5) is 33.1. The zero-order valence-corrected chi connectivity index (χ0v) is 17.8. The molecule has 5 heteroatoms. The molecule has 5 nitrogen and oxygen atoms in total. The predicted molar refractivity (Wildman–Crippen MR) is 116 cm³/mol. The molecule has 3 aliphatic rings. The van der Waals surface area contributed by atoms with E-state index in [1.807, 2.05) is 11.8 Å². The van der Waals surface area contributed by atoms with Crippen molar-refractivity contribution < 1.29 is 4.79 Å². The lowest BCUT2D eigenvalue weighted by Crippen LogP contribution is -2.36. The largest absolute Gasteiger partial charge is 0.343 e. The number of amides is 1. The second-order valence-corrected chi connectivity index (χ2v) is 8.93. The number of aromatic nitrogens is 2. The molecule has 1 aromatic heterocycles. The number of nitrogens with zero attached hydrogens (tertiary/aromatic N) is 3. The highest BCUT2D eigenvalue weighted by Gasteiger charge is 2.27. The number of likely N-dealkylation sites (tertiary alicyclic amines) is 1. The second-order valence-electron chi connectivity index (χ2n) is 8.93. The first-order chi connectivity index (χ1) is 14.0. The molecular formula is C24H33N3O2. The SMILES string of the molecule is C=C(C)Cn1c(CCC(=O)N2CCCCC2)nc2c(c1=O)C1=C(CCCC1)CC2. The molecule has 1 saturated heterocycles. The van der Waals surface area contributed by atoms with E-state index in [-0.39, 0.29) is 11.5 Å². The third-order valence-electron chi connectivity index (χ3n) is 6.57. The van der Waals surface area contributed by atoms with Crippen molar-refractivity contribution in [2.45, 2.75) is 84.1 Å². The van der Waals surface area contributed by atoms with Gasteiger partial charge in [0, 0.05) is 32.5 Å². The number of allylic oxidation sites excluding steroid dienone is 3. The summed E-state index contributed by atoms with van der Waals surface area (Å²) in [7, 11) is 0. The van der Waals surface area contributed by atoms with Crippen molar-refractivity contribution in [2.75, 3.05) is 13.1 Å². The van der Waals surface area contributed by atoms with Gasteiger partial charge in [-0.1, -0.05) is 17.7 Å². The van der Waals surface area contributed by atoms with Crippen LogP contribution in [0.25, 0.3) is 5.57 Å². The van der Waals surface area contributed by atoms with Crippen molar-refractivity contribution in [3.8, 4) is 0 Å². The van der Waals surface area contributed by atoms with Crippen LogP contribution in [-0.4, -0.2) is 33.4 Å². The first kappa shape index (κ1) is 20.1. The maximum absolute atomic E-state index is 13.5. The van der Waals surface area contributed by atoms with Gasteiger partial charge in [0.1, 0.15) is 5.82 Å². The Balaban J connectivity index is 1.64. The minimum absolute atomic E-state index is 0.0764. The summed E-state index contributed by atoms with van der Waals surface area (Å²) in [5, 5.41) is 0. The number of fused-ring (bicyclic) bond motifs is 2. The summed E-state index contributed by atoms with van der Waals surface area (Å²) in [6.07, 6.45) is 10.8. The van der Waals surface area contributed by atoms with E-state index in [4.69, 9.17) is 4.98 Å². The van der Waals surface area contributed by atoms with Crippen molar-refractivity contribution in [3.05, 3.63) is 45.2 Å². The Morgan fingerprint density at radius 2 is 1.79 bits per heavy atom. The van der Waals surface area contributed by atoms with E-state index >= 15 is 0 Å². The maximum Gasteiger partial charge on any atom is 0.261 e. The van der Waals surface area contributed by atoms with E-state index < -0.39 is 0 Å². The van der Waals surface area contributed by atoms with Crippen LogP contribution < -0.4 is 5.56 Å². The molecule has 0 radical (unpaired) electrons. The van der Waals surface area contributed by atoms with Crippen molar-refractivity contribution in [3.63, 3.8) is 0 Å². The Morgan fingerprint density at radius 1 is 1.03 bits per heavy atom. The zero-order valence-electron chi connectivity index (χ0n) is 17.8. The Labute approximate surface area is 173 Å². The maximum atomic E-state index is 13.5. The van der Waals surface area contributed by atoms with E-state index in [0.717, 1.165) is 80.7 Å². The van der Waals surface area contributed by atoms with Crippen LogP contribution in [0.3, 0.4) is 0 Å². The molecule has 0 unspecified atom stereocenters. The predicted octanol–water partition coefficient (Wildman–Crippen LogP) is 4.04. The normalized spacial score (nSPS) is 19.0. The average molecular weight is 396 g/mol. The van der Waals surface area contributed by atoms with Crippen molar-refractivity contribution in [2.24, 2.45) is 0 Å². The highest BCUT2D eigenvalue weighted by molar-refractivity contribution is 5.76. The van der Waals surface area contributed by atoms with E-state index in [0.29, 0.717) is 19.4 Å². The fourth-order valence-corrected chi connectivity index (χ4v) is 5.09. The molecule has 1 aromatic rings. The first-order valence-electron chi connectivity index (χ1n) is 11.3. The number of hydrogen-bond donors (Lipinski definition) is 0. The van der Waals surface area contributed by atoms with Gasteiger partial charge in [-0.15, -0.1) is 0 Å². The van der Waals surface area contributed by atoms with Gasteiger partial charge >= 0.3 is 0 Å². The van der Waals surface area contributed by atoms with Gasteiger partial charge in [-0.25, -0.2) is 4.98 Å². The highest BCUT2D eigenvalue weighted by Crippen LogP contribution is 2.38. The summed E-state index contributed by atoms with van der Waals surface area (Å²) >= 11 is 0. The van der Waals surface area contributed by atoms with E-state index in [2.05, 4.69) is 6.58 Å². The van der Waals surface area contributed by atoms with Crippen LogP contribution in [0.15, 0.2) is 22.5 Å². The Bertz CT molecular complexity index is 903. The summed E-state index contributed by atoms with van der Waals surface area (Å²) in [6.45, 7) is 8.18. The van der Waals surface area contributed by atoms with Crippen LogP contribution in [0.2, 0.25) is 0 Å². The number of carbonyl (C=O) groups excluding carboxylic acids is 1. The molecule has 0 bridgehead atoms. The molecule has 0 N–H and O–H groups in total. The van der Waals surface area contributed by atoms with E-state index in [9.17, 15) is 9.59 Å². The topological polar surface area (TPSA) is 55.2 Å². The fraction of sp³-hybridized carbons (Fsp3) is 0.625. The van der Waals surface area contributed by atoms with E-state index in [1.165, 1.54) is 24.0 Å². The highest BCUT2D eigenvalue weighted by atomic mass is 16.2. The van der Waals surface area contributed by atoms with Gasteiger partial charge in [-0.05, 0) is 70.3 Å². The molecule has 2 aliphatic carbocycles. The summed E-state index contributed by atoms with van der Waals surface area (Å²) in [6, 6.07) is 0. The number of hydrogen-bond acceptors (Lipinski definition) is 3. The molecule has 0 spiro atoms. The number of piperidine rings is 1. The van der Waals surface area contributed by atoms with Gasteiger partial charge in [0.25, 0.3) is 5.56 Å². The molecule has 4 rings (SSSR count). The molecule has 1 fully saturated rings. The molecule has 1 amide bonds. The molecule has 156 valence electrons. The van der Waals surface area contributed by atoms with Crippen LogP contribution in [0, 0.1) is 0 Å². The zero-order chi connectivity index (χ0) is 20.4. The van der Waals surface area contributed by atoms with Crippen LogP contribution in [-0.2, 0) is 24.2 Å².